The largest absolute Gasteiger partial charge is 0 e. The van der Waals surface area contributed by atoms with Crippen LogP contribution < -0.4 is 0 Å². The fraction of sp³-hybridized carbons (Fsp3) is 0. The predicted molar refractivity (Wildman–Crippen MR) is 33.7 cm³/mol. The molecule has 0 bridgehead atoms. The normalized spacial score (nSPS) is 5.83. The van der Waals surface area contributed by atoms with Gasteiger partial charge in [-0.25, -0.2) is 0 Å². The summed E-state index contributed by atoms with van der Waals surface area (Å²) in [5, 5.41) is 0. The van der Waals surface area contributed by atoms with Crippen LogP contribution in [0.2, 0.25) is 0 Å². The molecule has 0 aromatic rings. The second kappa shape index (κ2) is 84.8. The van der Waals surface area contributed by atoms with Gasteiger partial charge < -0.3 is 5.48 Å². The van der Waals surface area contributed by atoms with Crippen LogP contribution in [0, 0.1) is 20.0 Å². The molecule has 0 saturated carbocycles. The van der Waals surface area contributed by atoms with Crippen molar-refractivity contribution in [3.05, 3.63) is 44.3 Å². The molecule has 0 saturated heterocycles. The summed E-state index contributed by atoms with van der Waals surface area (Å²) in [5.74, 6) is 0. The molecule has 0 aliphatic heterocycles. The van der Waals surface area contributed by atoms with Gasteiger partial charge in [-0.3, -0.25) is 0 Å². The molecule has 0 aromatic carbocycles. The Kier molecular flexibility index (Phi) is 215. The maximum atomic E-state index is 7.50. The maximum Gasteiger partial charge on any atom is 0 e. The van der Waals surface area contributed by atoms with Crippen molar-refractivity contribution in [3.63, 3.8) is 0 Å². The zero-order valence-corrected chi connectivity index (χ0v) is 6.99. The molecule has 2 N–H and O–H groups in total. The zero-order chi connectivity index (χ0) is 8.83. The summed E-state index contributed by atoms with van der Waals surface area (Å²) in [7, 11) is 0. The minimum Gasteiger partial charge on any atom is 0 e. The van der Waals surface area contributed by atoms with E-state index in [1.54, 1.807) is 0 Å². The summed E-state index contributed by atoms with van der Waals surface area (Å²) in [6.07, 6.45) is 8.00. The van der Waals surface area contributed by atoms with Gasteiger partial charge >= 0.3 is 33.9 Å². The van der Waals surface area contributed by atoms with Gasteiger partial charge in [0.2, 0.25) is 0 Å². The summed E-state index contributed by atoms with van der Waals surface area (Å²) in [6, 6.07) is 0. The Hall–Kier alpha value is -0.821. The third kappa shape index (κ3) is 60.8. The molecular formula is C7H6FeO4. The average Bonchev–Trinajstić information content (AvgIpc) is 1.96. The first-order valence-corrected chi connectivity index (χ1v) is 1.95. The van der Waals surface area contributed by atoms with E-state index in [1.807, 2.05) is 24.3 Å². The summed E-state index contributed by atoms with van der Waals surface area (Å²) in [5.41, 5.74) is 0. The van der Waals surface area contributed by atoms with Gasteiger partial charge in [-0.1, -0.05) is 24.3 Å². The topological polar surface area (TPSA) is 91.2 Å². The van der Waals surface area contributed by atoms with Gasteiger partial charge in [0.15, 0.2) is 0 Å². The number of rotatable bonds is 0. The van der Waals surface area contributed by atoms with E-state index < -0.39 is 0 Å². The third-order valence-corrected chi connectivity index (χ3v) is 0.444. The molecule has 0 unspecified atom stereocenters. The summed E-state index contributed by atoms with van der Waals surface area (Å²) >= 11 is 0. The van der Waals surface area contributed by atoms with Crippen LogP contribution in [0.15, 0.2) is 24.3 Å². The first-order valence-electron chi connectivity index (χ1n) is 1.95. The predicted octanol–water partition coefficient (Wildman–Crippen LogP) is 0.173. The van der Waals surface area contributed by atoms with Crippen LogP contribution in [0.25, 0.3) is 0 Å². The Morgan fingerprint density at radius 1 is 0.583 bits per heavy atom. The van der Waals surface area contributed by atoms with Crippen LogP contribution in [0.5, 0.6) is 0 Å². The van der Waals surface area contributed by atoms with Crippen molar-refractivity contribution in [2.45, 2.75) is 0 Å². The van der Waals surface area contributed by atoms with Gasteiger partial charge in [-0.2, -0.15) is 0 Å². The Morgan fingerprint density at radius 2 is 0.667 bits per heavy atom. The Morgan fingerprint density at radius 3 is 0.667 bits per heavy atom. The summed E-state index contributed by atoms with van der Waals surface area (Å²) in [6.45, 7) is 13.5. The van der Waals surface area contributed by atoms with E-state index >= 15 is 0 Å². The number of hydrogen-bond donors (Lipinski definition) is 0. The van der Waals surface area contributed by atoms with Gasteiger partial charge in [-0.05, 0) is 0 Å². The Bertz CT molecular complexity index is 122. The molecule has 1 rings (SSSR count). The molecule has 0 atom stereocenters. The molecule has 0 aromatic heterocycles. The standard InChI is InChI=1S/C4H4.3CO.Fe.H2O/c1-2-4-3-1;3*1-2;;/h1-4H;;;;;1H2. The smallest absolute Gasteiger partial charge is 0 e. The quantitative estimate of drug-likeness (QED) is 0.309. The van der Waals surface area contributed by atoms with Gasteiger partial charge in [-0.15, -0.1) is 0 Å². The van der Waals surface area contributed by atoms with E-state index in [2.05, 4.69) is 20.0 Å². The van der Waals surface area contributed by atoms with Crippen molar-refractivity contribution >= 4 is 0 Å². The van der Waals surface area contributed by atoms with Crippen molar-refractivity contribution in [1.82, 2.24) is 0 Å². The van der Waals surface area contributed by atoms with Crippen LogP contribution in [-0.4, -0.2) is 5.48 Å². The van der Waals surface area contributed by atoms with Crippen molar-refractivity contribution < 1.29 is 36.5 Å². The van der Waals surface area contributed by atoms with Gasteiger partial charge in [0, 0.05) is 17.1 Å². The van der Waals surface area contributed by atoms with Crippen molar-refractivity contribution in [3.8, 4) is 0 Å². The molecule has 66 valence electrons. The van der Waals surface area contributed by atoms with E-state index in [0.717, 1.165) is 0 Å². The van der Waals surface area contributed by atoms with E-state index in [1.165, 1.54) is 0 Å². The van der Waals surface area contributed by atoms with E-state index in [0.29, 0.717) is 0 Å². The second-order valence-corrected chi connectivity index (χ2v) is 0.770. The molecule has 5 heteroatoms. The van der Waals surface area contributed by atoms with Crippen LogP contribution in [0.4, 0.5) is 0 Å². The van der Waals surface area contributed by atoms with Crippen LogP contribution in [0.3, 0.4) is 0 Å². The van der Waals surface area contributed by atoms with Crippen molar-refractivity contribution in [1.29, 1.82) is 0 Å². The van der Waals surface area contributed by atoms with Crippen molar-refractivity contribution in [2.75, 3.05) is 0 Å². The molecule has 4 nitrogen and oxygen atoms in total. The third-order valence-electron chi connectivity index (χ3n) is 0.444. The van der Waals surface area contributed by atoms with Crippen LogP contribution in [-0.2, 0) is 31.0 Å². The van der Waals surface area contributed by atoms with Crippen LogP contribution in [0.1, 0.15) is 0 Å². The molecule has 0 heterocycles. The first-order chi connectivity index (χ1) is 5.00. The van der Waals surface area contributed by atoms with Gasteiger partial charge in [0.25, 0.3) is 0 Å². The SMILES string of the molecule is C1=CC=C1.O.[C-]#[O+].[C-]#[O+].[C-]#[O+].[Fe]. The fourth-order valence-corrected chi connectivity index (χ4v) is 0.111. The van der Waals surface area contributed by atoms with E-state index in [4.69, 9.17) is 14.0 Å². The Balaban J connectivity index is -0.0000000187. The number of hydrogen-bond acceptors (Lipinski definition) is 0. The van der Waals surface area contributed by atoms with E-state index in [9.17, 15) is 0 Å². The molecule has 12 heavy (non-hydrogen) atoms. The molecular weight excluding hydrogens is 204 g/mol. The van der Waals surface area contributed by atoms with Gasteiger partial charge in [0.1, 0.15) is 0 Å². The van der Waals surface area contributed by atoms with E-state index in [-0.39, 0.29) is 22.5 Å². The molecule has 0 radical (unpaired) electrons. The zero-order valence-electron chi connectivity index (χ0n) is 5.89. The molecule has 1 aliphatic carbocycles. The summed E-state index contributed by atoms with van der Waals surface area (Å²) in [4.78, 5) is 0. The first kappa shape index (κ1) is 30.3. The molecule has 0 fully saturated rings. The van der Waals surface area contributed by atoms with Gasteiger partial charge in [0.05, 0.1) is 0 Å². The minimum atomic E-state index is 0. The average molecular weight is 210 g/mol. The second-order valence-electron chi connectivity index (χ2n) is 0.770. The van der Waals surface area contributed by atoms with Crippen molar-refractivity contribution in [2.24, 2.45) is 0 Å². The number of allylic oxidation sites excluding steroid dienone is 4. The molecule has 0 spiro atoms. The molecule has 1 aliphatic rings. The minimum absolute atomic E-state index is 0. The monoisotopic (exact) mass is 210 g/mol. The Labute approximate surface area is 81.3 Å². The fourth-order valence-electron chi connectivity index (χ4n) is 0.111. The summed E-state index contributed by atoms with van der Waals surface area (Å²) < 4.78 is 22.5. The van der Waals surface area contributed by atoms with Crippen LogP contribution >= 0.6 is 0 Å². The molecule has 0 amide bonds. The maximum absolute atomic E-state index is 7.50.